The lowest BCUT2D eigenvalue weighted by Gasteiger charge is -2.08. The highest BCUT2D eigenvalue weighted by atomic mass is 16.1. The number of hydrogen-bond acceptors (Lipinski definition) is 3. The fraction of sp³-hybridized carbons (Fsp3) is 0.0870. The number of amides is 1. The zero-order valence-electron chi connectivity index (χ0n) is 15.4. The summed E-state index contributed by atoms with van der Waals surface area (Å²) in [6.45, 7) is 1.83. The molecule has 0 saturated heterocycles. The van der Waals surface area contributed by atoms with Crippen LogP contribution >= 0.6 is 0 Å². The fourth-order valence-electron chi connectivity index (χ4n) is 3.09. The van der Waals surface area contributed by atoms with Gasteiger partial charge in [0.25, 0.3) is 5.91 Å². The summed E-state index contributed by atoms with van der Waals surface area (Å²) in [7, 11) is 0. The number of nitrogens with zero attached hydrogens (tertiary/aromatic N) is 2. The molecule has 1 heterocycles. The number of Topliss-reactive ketones (excluding diaryl/α,β-unsaturated/α-hetero) is 1. The van der Waals surface area contributed by atoms with Crippen LogP contribution in [-0.4, -0.2) is 21.2 Å². The van der Waals surface area contributed by atoms with Crippen molar-refractivity contribution in [1.29, 1.82) is 0 Å². The third kappa shape index (κ3) is 3.42. The molecule has 0 unspecified atom stereocenters. The molecule has 0 bridgehead atoms. The van der Waals surface area contributed by atoms with Crippen molar-refractivity contribution in [2.24, 2.45) is 0 Å². The van der Waals surface area contributed by atoms with E-state index in [9.17, 15) is 9.59 Å². The van der Waals surface area contributed by atoms with Crippen LogP contribution in [0.2, 0.25) is 0 Å². The summed E-state index contributed by atoms with van der Waals surface area (Å²) >= 11 is 0. The van der Waals surface area contributed by atoms with E-state index in [4.69, 9.17) is 0 Å². The van der Waals surface area contributed by atoms with Crippen LogP contribution in [0.25, 0.3) is 16.7 Å². The Bertz CT molecular complexity index is 1140. The van der Waals surface area contributed by atoms with Crippen molar-refractivity contribution in [3.63, 3.8) is 0 Å². The summed E-state index contributed by atoms with van der Waals surface area (Å²) in [5.41, 5.74) is 4.74. The normalized spacial score (nSPS) is 10.8. The molecule has 5 nitrogen and oxygen atoms in total. The number of hydrogen-bond donors (Lipinski definition) is 1. The van der Waals surface area contributed by atoms with Gasteiger partial charge in [0.1, 0.15) is 6.33 Å². The Morgan fingerprint density at radius 3 is 2.29 bits per heavy atom. The molecule has 1 N–H and O–H groups in total. The predicted octanol–water partition coefficient (Wildman–Crippen LogP) is 4.87. The first-order chi connectivity index (χ1) is 13.7. The maximum Gasteiger partial charge on any atom is 0.255 e. The molecule has 1 amide bonds. The van der Waals surface area contributed by atoms with Gasteiger partial charge < -0.3 is 5.32 Å². The number of nitrogens with one attached hydrogen (secondary N) is 1. The van der Waals surface area contributed by atoms with Gasteiger partial charge >= 0.3 is 0 Å². The molecular formula is C23H19N3O2. The smallest absolute Gasteiger partial charge is 0.255 e. The molecule has 0 spiro atoms. The molecule has 0 aliphatic heterocycles. The Morgan fingerprint density at radius 1 is 0.893 bits per heavy atom. The van der Waals surface area contributed by atoms with Crippen molar-refractivity contribution < 1.29 is 9.59 Å². The quantitative estimate of drug-likeness (QED) is 0.511. The third-order valence-electron chi connectivity index (χ3n) is 4.65. The van der Waals surface area contributed by atoms with Gasteiger partial charge in [0, 0.05) is 28.9 Å². The summed E-state index contributed by atoms with van der Waals surface area (Å²) in [5, 5.41) is 2.86. The molecule has 0 aliphatic carbocycles. The summed E-state index contributed by atoms with van der Waals surface area (Å²) in [6.07, 6.45) is 2.24. The first-order valence-electron chi connectivity index (χ1n) is 9.13. The summed E-state index contributed by atoms with van der Waals surface area (Å²) in [6, 6.07) is 22.2. The van der Waals surface area contributed by atoms with E-state index in [1.54, 1.807) is 42.7 Å². The highest BCUT2D eigenvalue weighted by molar-refractivity contribution is 6.04. The number of para-hydroxylation sites is 2. The van der Waals surface area contributed by atoms with E-state index in [-0.39, 0.29) is 11.7 Å². The van der Waals surface area contributed by atoms with E-state index in [0.717, 1.165) is 16.7 Å². The van der Waals surface area contributed by atoms with Crippen LogP contribution in [-0.2, 0) is 0 Å². The Kier molecular flexibility index (Phi) is 4.72. The van der Waals surface area contributed by atoms with Crippen molar-refractivity contribution in [2.45, 2.75) is 13.3 Å². The summed E-state index contributed by atoms with van der Waals surface area (Å²) in [5.74, 6) is -0.114. The van der Waals surface area contributed by atoms with Crippen molar-refractivity contribution in [2.75, 3.05) is 5.32 Å². The Hall–Kier alpha value is -3.73. The van der Waals surface area contributed by atoms with Crippen molar-refractivity contribution >= 4 is 28.4 Å². The van der Waals surface area contributed by atoms with Crippen molar-refractivity contribution in [3.05, 3.63) is 90.3 Å². The highest BCUT2D eigenvalue weighted by Gasteiger charge is 2.09. The lowest BCUT2D eigenvalue weighted by Crippen LogP contribution is -2.12. The molecular weight excluding hydrogens is 350 g/mol. The molecule has 0 atom stereocenters. The van der Waals surface area contributed by atoms with Crippen LogP contribution in [0.15, 0.2) is 79.1 Å². The maximum absolute atomic E-state index is 12.5. The molecule has 28 heavy (non-hydrogen) atoms. The second-order valence-corrected chi connectivity index (χ2v) is 6.46. The minimum absolute atomic E-state index is 0.0838. The number of benzene rings is 3. The van der Waals surface area contributed by atoms with E-state index >= 15 is 0 Å². The molecule has 3 aromatic carbocycles. The number of imidazole rings is 1. The van der Waals surface area contributed by atoms with Crippen LogP contribution in [0.1, 0.15) is 34.1 Å². The molecule has 1 aromatic heterocycles. The lowest BCUT2D eigenvalue weighted by atomic mass is 10.1. The molecule has 4 rings (SSSR count). The van der Waals surface area contributed by atoms with E-state index < -0.39 is 0 Å². The Balaban J connectivity index is 1.50. The zero-order valence-corrected chi connectivity index (χ0v) is 15.4. The van der Waals surface area contributed by atoms with Gasteiger partial charge in [-0.25, -0.2) is 4.98 Å². The van der Waals surface area contributed by atoms with Crippen LogP contribution in [0.3, 0.4) is 0 Å². The van der Waals surface area contributed by atoms with E-state index in [2.05, 4.69) is 10.3 Å². The van der Waals surface area contributed by atoms with E-state index in [1.807, 2.05) is 47.9 Å². The first kappa shape index (κ1) is 17.7. The van der Waals surface area contributed by atoms with Crippen LogP contribution < -0.4 is 5.32 Å². The number of carbonyl (C=O) groups excluding carboxylic acids is 2. The standard InChI is InChI=1S/C23H19N3O2/c1-2-22(27)16-7-11-18(12-8-16)25-23(28)17-9-13-19(14-10-17)26-15-24-20-5-3-4-6-21(20)26/h3-15H,2H2,1H3,(H,25,28). The summed E-state index contributed by atoms with van der Waals surface area (Å²) < 4.78 is 1.99. The topological polar surface area (TPSA) is 64.0 Å². The van der Waals surface area contributed by atoms with Crippen LogP contribution in [0.5, 0.6) is 0 Å². The number of fused-ring (bicyclic) bond motifs is 1. The first-order valence-corrected chi connectivity index (χ1v) is 9.13. The lowest BCUT2D eigenvalue weighted by molar-refractivity contribution is 0.0987. The number of rotatable bonds is 5. The Labute approximate surface area is 162 Å². The summed E-state index contributed by atoms with van der Waals surface area (Å²) in [4.78, 5) is 28.6. The Morgan fingerprint density at radius 2 is 1.57 bits per heavy atom. The average molecular weight is 369 g/mol. The minimum Gasteiger partial charge on any atom is -0.322 e. The number of ketones is 1. The van der Waals surface area contributed by atoms with Crippen molar-refractivity contribution in [3.8, 4) is 5.69 Å². The van der Waals surface area contributed by atoms with Gasteiger partial charge in [-0.3, -0.25) is 14.2 Å². The van der Waals surface area contributed by atoms with E-state index in [1.165, 1.54) is 0 Å². The molecule has 0 fully saturated rings. The molecule has 138 valence electrons. The minimum atomic E-state index is -0.198. The molecule has 4 aromatic rings. The van der Waals surface area contributed by atoms with Crippen LogP contribution in [0.4, 0.5) is 5.69 Å². The SMILES string of the molecule is CCC(=O)c1ccc(NC(=O)c2ccc(-n3cnc4ccccc43)cc2)cc1. The average Bonchev–Trinajstić information content (AvgIpc) is 3.18. The van der Waals surface area contributed by atoms with Gasteiger partial charge in [-0.05, 0) is 60.7 Å². The van der Waals surface area contributed by atoms with Gasteiger partial charge in [0.15, 0.2) is 5.78 Å². The van der Waals surface area contributed by atoms with Gasteiger partial charge in [0.2, 0.25) is 0 Å². The van der Waals surface area contributed by atoms with E-state index in [0.29, 0.717) is 23.2 Å². The van der Waals surface area contributed by atoms with Crippen molar-refractivity contribution in [1.82, 2.24) is 9.55 Å². The number of carbonyl (C=O) groups is 2. The molecule has 0 radical (unpaired) electrons. The molecule has 5 heteroatoms. The largest absolute Gasteiger partial charge is 0.322 e. The second-order valence-electron chi connectivity index (χ2n) is 6.46. The van der Waals surface area contributed by atoms with Gasteiger partial charge in [-0.1, -0.05) is 19.1 Å². The monoisotopic (exact) mass is 369 g/mol. The third-order valence-corrected chi connectivity index (χ3v) is 4.65. The number of aromatic nitrogens is 2. The number of anilines is 1. The highest BCUT2D eigenvalue weighted by Crippen LogP contribution is 2.19. The molecule has 0 saturated carbocycles. The second kappa shape index (κ2) is 7.48. The van der Waals surface area contributed by atoms with Gasteiger partial charge in [0.05, 0.1) is 11.0 Å². The predicted molar refractivity (Wildman–Crippen MR) is 110 cm³/mol. The van der Waals surface area contributed by atoms with Gasteiger partial charge in [-0.15, -0.1) is 0 Å². The van der Waals surface area contributed by atoms with Gasteiger partial charge in [-0.2, -0.15) is 0 Å². The fourth-order valence-corrected chi connectivity index (χ4v) is 3.09. The zero-order chi connectivity index (χ0) is 19.5. The van der Waals surface area contributed by atoms with Crippen LogP contribution in [0, 0.1) is 0 Å². The maximum atomic E-state index is 12.5. The molecule has 0 aliphatic rings.